The summed E-state index contributed by atoms with van der Waals surface area (Å²) < 4.78 is 51.0. The first kappa shape index (κ1) is 15.5. The van der Waals surface area contributed by atoms with Crippen molar-refractivity contribution in [3.05, 3.63) is 70.0 Å². The minimum absolute atomic E-state index is 0.0868. The van der Waals surface area contributed by atoms with Crippen molar-refractivity contribution < 1.29 is 22.7 Å². The van der Waals surface area contributed by atoms with Crippen molar-refractivity contribution in [3.8, 4) is 0 Å². The van der Waals surface area contributed by atoms with Gasteiger partial charge in [-0.2, -0.15) is 13.2 Å². The Morgan fingerprint density at radius 3 is 2.00 bits per heavy atom. The lowest BCUT2D eigenvalue weighted by atomic mass is 9.97. The van der Waals surface area contributed by atoms with Gasteiger partial charge in [0.05, 0.1) is 5.56 Å². The molecule has 0 aromatic heterocycles. The fraction of sp³-hybridized carbons (Fsp3) is 0.250. The SMILES string of the molecule is Cc1ccc(C(O)c2ccc(C(F)(F)F)c(F)c2)cc1C. The molecule has 5 heteroatoms. The molecule has 0 fully saturated rings. The van der Waals surface area contributed by atoms with Gasteiger partial charge in [0.15, 0.2) is 0 Å². The van der Waals surface area contributed by atoms with Crippen molar-refractivity contribution in [2.75, 3.05) is 0 Å². The normalized spacial score (nSPS) is 13.3. The third-order valence-electron chi connectivity index (χ3n) is 3.46. The highest BCUT2D eigenvalue weighted by Gasteiger charge is 2.34. The first-order chi connectivity index (χ1) is 9.70. The molecule has 1 nitrogen and oxygen atoms in total. The maximum absolute atomic E-state index is 13.5. The molecule has 0 aliphatic heterocycles. The fourth-order valence-corrected chi connectivity index (χ4v) is 2.06. The third kappa shape index (κ3) is 3.24. The fourth-order valence-electron chi connectivity index (χ4n) is 2.06. The lowest BCUT2D eigenvalue weighted by molar-refractivity contribution is -0.140. The van der Waals surface area contributed by atoms with Gasteiger partial charge in [-0.05, 0) is 48.2 Å². The van der Waals surface area contributed by atoms with Crippen molar-refractivity contribution in [2.45, 2.75) is 26.1 Å². The van der Waals surface area contributed by atoms with Gasteiger partial charge in [-0.15, -0.1) is 0 Å². The summed E-state index contributed by atoms with van der Waals surface area (Å²) >= 11 is 0. The molecule has 21 heavy (non-hydrogen) atoms. The molecule has 0 radical (unpaired) electrons. The highest BCUT2D eigenvalue weighted by molar-refractivity contribution is 5.37. The number of aliphatic hydroxyl groups excluding tert-OH is 1. The summed E-state index contributed by atoms with van der Waals surface area (Å²) in [5.41, 5.74) is 1.24. The standard InChI is InChI=1S/C16H14F4O/c1-9-3-4-11(7-10(9)2)15(21)12-5-6-13(14(17)8-12)16(18,19)20/h3-8,15,21H,1-2H3. The van der Waals surface area contributed by atoms with Crippen LogP contribution in [-0.2, 0) is 6.18 Å². The molecule has 0 saturated heterocycles. The summed E-state index contributed by atoms with van der Waals surface area (Å²) in [4.78, 5) is 0. The molecule has 2 rings (SSSR count). The van der Waals surface area contributed by atoms with Gasteiger partial charge in [0.1, 0.15) is 11.9 Å². The minimum Gasteiger partial charge on any atom is -0.384 e. The summed E-state index contributed by atoms with van der Waals surface area (Å²) in [6, 6.07) is 7.66. The lowest BCUT2D eigenvalue weighted by Crippen LogP contribution is -2.09. The van der Waals surface area contributed by atoms with E-state index in [1.807, 2.05) is 13.8 Å². The van der Waals surface area contributed by atoms with E-state index in [4.69, 9.17) is 0 Å². The molecule has 0 aliphatic rings. The Labute approximate surface area is 119 Å². The predicted molar refractivity (Wildman–Crippen MR) is 71.4 cm³/mol. The number of aryl methyl sites for hydroxylation is 2. The number of halogens is 4. The molecule has 2 aromatic carbocycles. The Balaban J connectivity index is 2.38. The van der Waals surface area contributed by atoms with Crippen molar-refractivity contribution >= 4 is 0 Å². The second-order valence-electron chi connectivity index (χ2n) is 4.98. The van der Waals surface area contributed by atoms with Gasteiger partial charge in [0.2, 0.25) is 0 Å². The monoisotopic (exact) mass is 298 g/mol. The van der Waals surface area contributed by atoms with Crippen LogP contribution >= 0.6 is 0 Å². The van der Waals surface area contributed by atoms with Crippen molar-refractivity contribution in [3.63, 3.8) is 0 Å². The zero-order valence-electron chi connectivity index (χ0n) is 11.5. The average molecular weight is 298 g/mol. The molecule has 0 amide bonds. The summed E-state index contributed by atoms with van der Waals surface area (Å²) in [7, 11) is 0. The van der Waals surface area contributed by atoms with Crippen LogP contribution in [0.1, 0.15) is 33.9 Å². The molecule has 0 spiro atoms. The van der Waals surface area contributed by atoms with Gasteiger partial charge < -0.3 is 5.11 Å². The second kappa shape index (κ2) is 5.48. The molecule has 0 heterocycles. The summed E-state index contributed by atoms with van der Waals surface area (Å²) in [5, 5.41) is 10.2. The van der Waals surface area contributed by atoms with Gasteiger partial charge in [0.25, 0.3) is 0 Å². The number of aliphatic hydroxyl groups is 1. The average Bonchev–Trinajstić information content (AvgIpc) is 2.39. The van der Waals surface area contributed by atoms with Gasteiger partial charge in [0, 0.05) is 0 Å². The Bertz CT molecular complexity index is 662. The van der Waals surface area contributed by atoms with E-state index in [2.05, 4.69) is 0 Å². The zero-order chi connectivity index (χ0) is 15.8. The van der Waals surface area contributed by atoms with Crippen molar-refractivity contribution in [1.29, 1.82) is 0 Å². The van der Waals surface area contributed by atoms with E-state index in [1.54, 1.807) is 18.2 Å². The number of hydrogen-bond acceptors (Lipinski definition) is 1. The Hall–Kier alpha value is -1.88. The van der Waals surface area contributed by atoms with Crippen LogP contribution in [0.3, 0.4) is 0 Å². The van der Waals surface area contributed by atoms with E-state index in [9.17, 15) is 22.7 Å². The summed E-state index contributed by atoms with van der Waals surface area (Å²) in [6.45, 7) is 3.77. The van der Waals surface area contributed by atoms with Gasteiger partial charge in [-0.1, -0.05) is 24.3 Å². The van der Waals surface area contributed by atoms with Crippen molar-refractivity contribution in [1.82, 2.24) is 0 Å². The topological polar surface area (TPSA) is 20.2 Å². The third-order valence-corrected chi connectivity index (χ3v) is 3.46. The number of hydrogen-bond donors (Lipinski definition) is 1. The molecule has 0 saturated carbocycles. The molecule has 1 unspecified atom stereocenters. The van der Waals surface area contributed by atoms with E-state index in [0.717, 1.165) is 23.3 Å². The predicted octanol–water partition coefficient (Wildman–Crippen LogP) is 4.54. The summed E-state index contributed by atoms with van der Waals surface area (Å²) in [6.07, 6.45) is -5.91. The van der Waals surface area contributed by atoms with Crippen LogP contribution in [0.5, 0.6) is 0 Å². The Kier molecular flexibility index (Phi) is 4.05. The molecule has 1 N–H and O–H groups in total. The molecule has 112 valence electrons. The van der Waals surface area contributed by atoms with Gasteiger partial charge >= 0.3 is 6.18 Å². The number of alkyl halides is 3. The molecule has 0 bridgehead atoms. The van der Waals surface area contributed by atoms with Crippen LogP contribution in [-0.4, -0.2) is 5.11 Å². The molecular weight excluding hydrogens is 284 g/mol. The van der Waals surface area contributed by atoms with Gasteiger partial charge in [-0.3, -0.25) is 0 Å². The van der Waals surface area contributed by atoms with E-state index in [0.29, 0.717) is 11.6 Å². The quantitative estimate of drug-likeness (QED) is 0.807. The van der Waals surface area contributed by atoms with Crippen LogP contribution in [0, 0.1) is 19.7 Å². The molecule has 2 aromatic rings. The van der Waals surface area contributed by atoms with Crippen LogP contribution in [0.15, 0.2) is 36.4 Å². The largest absolute Gasteiger partial charge is 0.419 e. The molecule has 1 atom stereocenters. The highest BCUT2D eigenvalue weighted by atomic mass is 19.4. The van der Waals surface area contributed by atoms with Gasteiger partial charge in [-0.25, -0.2) is 4.39 Å². The first-order valence-electron chi connectivity index (χ1n) is 6.32. The molecular formula is C16H14F4O. The number of benzene rings is 2. The Morgan fingerprint density at radius 1 is 0.905 bits per heavy atom. The second-order valence-corrected chi connectivity index (χ2v) is 4.98. The maximum atomic E-state index is 13.5. The first-order valence-corrected chi connectivity index (χ1v) is 6.32. The summed E-state index contributed by atoms with van der Waals surface area (Å²) in [5.74, 6) is -1.39. The highest BCUT2D eigenvalue weighted by Crippen LogP contribution is 2.33. The number of rotatable bonds is 2. The molecule has 0 aliphatic carbocycles. The lowest BCUT2D eigenvalue weighted by Gasteiger charge is -2.15. The van der Waals surface area contributed by atoms with Crippen LogP contribution < -0.4 is 0 Å². The van der Waals surface area contributed by atoms with E-state index in [1.165, 1.54) is 0 Å². The smallest absolute Gasteiger partial charge is 0.384 e. The Morgan fingerprint density at radius 2 is 1.48 bits per heavy atom. The van der Waals surface area contributed by atoms with E-state index < -0.39 is 23.7 Å². The van der Waals surface area contributed by atoms with Crippen LogP contribution in [0.4, 0.5) is 17.6 Å². The van der Waals surface area contributed by atoms with E-state index in [-0.39, 0.29) is 5.56 Å². The zero-order valence-corrected chi connectivity index (χ0v) is 11.5. The van der Waals surface area contributed by atoms with Crippen LogP contribution in [0.2, 0.25) is 0 Å². The van der Waals surface area contributed by atoms with Crippen LogP contribution in [0.25, 0.3) is 0 Å². The van der Waals surface area contributed by atoms with E-state index >= 15 is 0 Å². The van der Waals surface area contributed by atoms with Crippen molar-refractivity contribution in [2.24, 2.45) is 0 Å². The minimum atomic E-state index is -4.74. The maximum Gasteiger partial charge on any atom is 0.419 e.